The second kappa shape index (κ2) is 4.68. The van der Waals surface area contributed by atoms with Gasteiger partial charge in [-0.15, -0.1) is 0 Å². The summed E-state index contributed by atoms with van der Waals surface area (Å²) in [4.78, 5) is 22.4. The zero-order chi connectivity index (χ0) is 13.3. The van der Waals surface area contributed by atoms with E-state index in [0.29, 0.717) is 17.1 Å². The maximum absolute atomic E-state index is 11.4. The molecule has 1 aromatic carbocycles. The largest absolute Gasteiger partial charge is 0.485 e. The molecule has 18 heavy (non-hydrogen) atoms. The second-order valence-corrected chi connectivity index (χ2v) is 4.49. The van der Waals surface area contributed by atoms with Crippen molar-refractivity contribution in [3.63, 3.8) is 0 Å². The molecule has 5 heteroatoms. The van der Waals surface area contributed by atoms with Crippen molar-refractivity contribution in [2.45, 2.75) is 20.0 Å². The number of rotatable bonds is 4. The highest BCUT2D eigenvalue weighted by Crippen LogP contribution is 2.30. The van der Waals surface area contributed by atoms with Gasteiger partial charge in [-0.1, -0.05) is 13.8 Å². The highest BCUT2D eigenvalue weighted by molar-refractivity contribution is 6.02. The van der Waals surface area contributed by atoms with Crippen LogP contribution in [0, 0.1) is 5.92 Å². The lowest BCUT2D eigenvalue weighted by Crippen LogP contribution is -2.32. The van der Waals surface area contributed by atoms with Crippen LogP contribution in [-0.2, 0) is 4.79 Å². The number of carbonyl (C=O) groups excluding carboxylic acids is 1. The van der Waals surface area contributed by atoms with Crippen LogP contribution in [-0.4, -0.2) is 29.6 Å². The number of carboxylic acid groups (broad SMARTS) is 1. The zero-order valence-electron chi connectivity index (χ0n) is 10.2. The molecule has 96 valence electrons. The quantitative estimate of drug-likeness (QED) is 0.881. The number of benzene rings is 1. The van der Waals surface area contributed by atoms with E-state index >= 15 is 0 Å². The zero-order valence-corrected chi connectivity index (χ0v) is 10.2. The van der Waals surface area contributed by atoms with Crippen molar-refractivity contribution in [1.29, 1.82) is 0 Å². The average molecular weight is 250 g/mol. The Morgan fingerprint density at radius 2 is 2.17 bits per heavy atom. The number of hydrogen-bond donors (Lipinski definition) is 1. The number of fused-ring (bicyclic) bond motifs is 1. The first-order valence-corrected chi connectivity index (χ1v) is 5.68. The van der Waals surface area contributed by atoms with Gasteiger partial charge in [0.1, 0.15) is 11.5 Å². The molecule has 0 fully saturated rings. The molecule has 0 saturated heterocycles. The van der Waals surface area contributed by atoms with Crippen molar-refractivity contribution < 1.29 is 24.2 Å². The van der Waals surface area contributed by atoms with E-state index in [1.807, 2.05) is 0 Å². The Labute approximate surface area is 104 Å². The topological polar surface area (TPSA) is 72.8 Å². The molecular formula is C13H14O5. The normalized spacial score (nSPS) is 15.2. The summed E-state index contributed by atoms with van der Waals surface area (Å²) in [7, 11) is 0. The third-order valence-electron chi connectivity index (χ3n) is 2.72. The van der Waals surface area contributed by atoms with Gasteiger partial charge >= 0.3 is 5.97 Å². The Balaban J connectivity index is 2.20. The monoisotopic (exact) mass is 250 g/mol. The van der Waals surface area contributed by atoms with Crippen molar-refractivity contribution in [2.24, 2.45) is 5.92 Å². The van der Waals surface area contributed by atoms with E-state index in [1.54, 1.807) is 32.0 Å². The summed E-state index contributed by atoms with van der Waals surface area (Å²) in [6, 6.07) is 4.74. The van der Waals surface area contributed by atoms with Gasteiger partial charge in [-0.05, 0) is 12.1 Å². The summed E-state index contributed by atoms with van der Waals surface area (Å²) in [6.07, 6.45) is -0.917. The molecule has 1 aliphatic rings. The van der Waals surface area contributed by atoms with Crippen LogP contribution in [0.5, 0.6) is 11.5 Å². The number of aliphatic carboxylic acids is 1. The fourth-order valence-corrected chi connectivity index (χ4v) is 1.77. The maximum Gasteiger partial charge on any atom is 0.345 e. The van der Waals surface area contributed by atoms with Gasteiger partial charge in [0.2, 0.25) is 5.78 Å². The summed E-state index contributed by atoms with van der Waals surface area (Å²) in [5, 5.41) is 9.03. The molecular weight excluding hydrogens is 236 g/mol. The standard InChI is InChI=1S/C13H14O5/c1-7(2)12(13(15)16)18-8-3-4-9-10(14)6-17-11(9)5-8/h3-5,7,12H,6H2,1-2H3,(H,15,16). The minimum absolute atomic E-state index is 0.0331. The summed E-state index contributed by atoms with van der Waals surface area (Å²) in [5.74, 6) is -0.397. The van der Waals surface area contributed by atoms with Gasteiger partial charge in [-0.3, -0.25) is 4.79 Å². The number of carbonyl (C=O) groups is 2. The van der Waals surface area contributed by atoms with Crippen LogP contribution in [0.3, 0.4) is 0 Å². The molecule has 0 aliphatic carbocycles. The van der Waals surface area contributed by atoms with E-state index in [-0.39, 0.29) is 18.3 Å². The number of ether oxygens (including phenoxy) is 2. The minimum Gasteiger partial charge on any atom is -0.485 e. The average Bonchev–Trinajstić information content (AvgIpc) is 2.67. The third-order valence-corrected chi connectivity index (χ3v) is 2.72. The van der Waals surface area contributed by atoms with E-state index in [0.717, 1.165) is 0 Å². The van der Waals surface area contributed by atoms with Crippen molar-refractivity contribution in [3.05, 3.63) is 23.8 Å². The lowest BCUT2D eigenvalue weighted by atomic mass is 10.1. The third kappa shape index (κ3) is 2.30. The number of Topliss-reactive ketones (excluding diaryl/α,β-unsaturated/α-hetero) is 1. The summed E-state index contributed by atoms with van der Waals surface area (Å²) in [5.41, 5.74) is 0.513. The highest BCUT2D eigenvalue weighted by atomic mass is 16.5. The molecule has 1 N–H and O–H groups in total. The van der Waals surface area contributed by atoms with Gasteiger partial charge in [0.05, 0.1) is 5.56 Å². The first-order chi connectivity index (χ1) is 8.49. The van der Waals surface area contributed by atoms with Gasteiger partial charge < -0.3 is 14.6 Å². The lowest BCUT2D eigenvalue weighted by molar-refractivity contribution is -0.147. The van der Waals surface area contributed by atoms with Crippen LogP contribution in [0.4, 0.5) is 0 Å². The van der Waals surface area contributed by atoms with E-state index in [4.69, 9.17) is 14.6 Å². The smallest absolute Gasteiger partial charge is 0.345 e. The number of ketones is 1. The molecule has 2 rings (SSSR count). The Bertz CT molecular complexity index is 492. The molecule has 0 radical (unpaired) electrons. The fourth-order valence-electron chi connectivity index (χ4n) is 1.77. The predicted octanol–water partition coefficient (Wildman–Crippen LogP) is 1.75. The summed E-state index contributed by atoms with van der Waals surface area (Å²) < 4.78 is 10.6. The van der Waals surface area contributed by atoms with Crippen molar-refractivity contribution in [3.8, 4) is 11.5 Å². The van der Waals surface area contributed by atoms with Gasteiger partial charge in [-0.2, -0.15) is 0 Å². The van der Waals surface area contributed by atoms with E-state index in [9.17, 15) is 9.59 Å². The molecule has 0 bridgehead atoms. The van der Waals surface area contributed by atoms with Crippen LogP contribution in [0.1, 0.15) is 24.2 Å². The number of carboxylic acids is 1. The van der Waals surface area contributed by atoms with E-state index in [2.05, 4.69) is 0 Å². The molecule has 0 aromatic heterocycles. The Morgan fingerprint density at radius 3 is 2.78 bits per heavy atom. The maximum atomic E-state index is 11.4. The van der Waals surface area contributed by atoms with Crippen LogP contribution in [0.2, 0.25) is 0 Å². The van der Waals surface area contributed by atoms with Crippen molar-refractivity contribution >= 4 is 11.8 Å². The highest BCUT2D eigenvalue weighted by Gasteiger charge is 2.25. The summed E-state index contributed by atoms with van der Waals surface area (Å²) >= 11 is 0. The van der Waals surface area contributed by atoms with Crippen LogP contribution >= 0.6 is 0 Å². The van der Waals surface area contributed by atoms with Crippen LogP contribution < -0.4 is 9.47 Å². The lowest BCUT2D eigenvalue weighted by Gasteiger charge is -2.18. The van der Waals surface area contributed by atoms with Gasteiger partial charge in [0, 0.05) is 12.0 Å². The van der Waals surface area contributed by atoms with E-state index in [1.165, 1.54) is 0 Å². The number of hydrogen-bond acceptors (Lipinski definition) is 4. The SMILES string of the molecule is CC(C)C(Oc1ccc2c(c1)OCC2=O)C(=O)O. The molecule has 0 spiro atoms. The van der Waals surface area contributed by atoms with Crippen LogP contribution in [0.15, 0.2) is 18.2 Å². The molecule has 0 saturated carbocycles. The molecule has 1 aromatic rings. The second-order valence-electron chi connectivity index (χ2n) is 4.49. The predicted molar refractivity (Wildman–Crippen MR) is 63.2 cm³/mol. The van der Waals surface area contributed by atoms with Crippen LogP contribution in [0.25, 0.3) is 0 Å². The molecule has 5 nitrogen and oxygen atoms in total. The Kier molecular flexibility index (Phi) is 3.23. The first-order valence-electron chi connectivity index (χ1n) is 5.68. The molecule has 1 aliphatic heterocycles. The van der Waals surface area contributed by atoms with Gasteiger partial charge in [0.15, 0.2) is 12.7 Å². The Morgan fingerprint density at radius 1 is 1.44 bits per heavy atom. The van der Waals surface area contributed by atoms with Gasteiger partial charge in [0.25, 0.3) is 0 Å². The molecule has 1 unspecified atom stereocenters. The molecule has 1 heterocycles. The minimum atomic E-state index is -1.01. The van der Waals surface area contributed by atoms with E-state index < -0.39 is 12.1 Å². The summed E-state index contributed by atoms with van der Waals surface area (Å²) in [6.45, 7) is 3.57. The van der Waals surface area contributed by atoms with Crippen molar-refractivity contribution in [1.82, 2.24) is 0 Å². The Hall–Kier alpha value is -2.04. The first kappa shape index (κ1) is 12.4. The van der Waals surface area contributed by atoms with Gasteiger partial charge in [-0.25, -0.2) is 4.79 Å². The molecule has 1 atom stereocenters. The van der Waals surface area contributed by atoms with Crippen molar-refractivity contribution in [2.75, 3.05) is 6.61 Å². The fraction of sp³-hybridized carbons (Fsp3) is 0.385. The molecule has 0 amide bonds.